The largest absolute Gasteiger partial charge is 0.465 e. The maximum Gasteiger partial charge on any atom is 0.407 e. The first-order chi connectivity index (χ1) is 14.4. The molecular weight excluding hydrogens is 374 g/mol. The van der Waals surface area contributed by atoms with Crippen molar-refractivity contribution in [3.8, 4) is 11.3 Å². The van der Waals surface area contributed by atoms with Crippen LogP contribution in [0.5, 0.6) is 0 Å². The van der Waals surface area contributed by atoms with Gasteiger partial charge in [-0.3, -0.25) is 4.98 Å². The van der Waals surface area contributed by atoms with Crippen LogP contribution in [0, 0.1) is 6.92 Å². The maximum absolute atomic E-state index is 11.2. The van der Waals surface area contributed by atoms with Crippen LogP contribution < -0.4 is 0 Å². The zero-order valence-electron chi connectivity index (χ0n) is 18.3. The van der Waals surface area contributed by atoms with E-state index in [0.717, 1.165) is 36.2 Å². The molecule has 1 aliphatic rings. The molecule has 0 atom stereocenters. The van der Waals surface area contributed by atoms with Crippen molar-refractivity contribution in [3.05, 3.63) is 52.8 Å². The van der Waals surface area contributed by atoms with Gasteiger partial charge in [-0.05, 0) is 73.4 Å². The second kappa shape index (κ2) is 8.13. The first-order valence-electron chi connectivity index (χ1n) is 11.0. The van der Waals surface area contributed by atoms with Crippen molar-refractivity contribution in [2.24, 2.45) is 0 Å². The Hall–Kier alpha value is -2.82. The number of benzene rings is 1. The van der Waals surface area contributed by atoms with E-state index in [9.17, 15) is 9.90 Å². The lowest BCUT2D eigenvalue weighted by atomic mass is 9.87. The molecule has 0 spiro atoms. The first kappa shape index (κ1) is 20.5. The van der Waals surface area contributed by atoms with Crippen LogP contribution in [0.25, 0.3) is 22.2 Å². The summed E-state index contributed by atoms with van der Waals surface area (Å²) in [5.74, 6) is 0.801. The van der Waals surface area contributed by atoms with Gasteiger partial charge in [0.15, 0.2) is 0 Å². The van der Waals surface area contributed by atoms with E-state index in [4.69, 9.17) is 0 Å². The molecule has 0 saturated carbocycles. The first-order valence-corrected chi connectivity index (χ1v) is 11.0. The summed E-state index contributed by atoms with van der Waals surface area (Å²) in [4.78, 5) is 21.1. The second-order valence-electron chi connectivity index (χ2n) is 8.76. The summed E-state index contributed by atoms with van der Waals surface area (Å²) in [6.45, 7) is 9.93. The Kier molecular flexibility index (Phi) is 5.54. The Morgan fingerprint density at radius 1 is 1.23 bits per heavy atom. The molecule has 1 saturated heterocycles. The number of piperidine rings is 1. The van der Waals surface area contributed by atoms with Crippen molar-refractivity contribution in [1.29, 1.82) is 0 Å². The number of rotatable bonds is 4. The summed E-state index contributed by atoms with van der Waals surface area (Å²) in [6, 6.07) is 11.1. The topological polar surface area (TPSA) is 69.2 Å². The highest BCUT2D eigenvalue weighted by Crippen LogP contribution is 2.38. The van der Waals surface area contributed by atoms with E-state index in [2.05, 4.69) is 68.0 Å². The zero-order valence-corrected chi connectivity index (χ0v) is 18.3. The molecule has 1 amide bonds. The minimum atomic E-state index is -0.805. The highest BCUT2D eigenvalue weighted by molar-refractivity contribution is 5.92. The van der Waals surface area contributed by atoms with Crippen LogP contribution in [0.15, 0.2) is 30.3 Å². The number of likely N-dealkylation sites (tertiary alicyclic amines) is 1. The predicted molar refractivity (Wildman–Crippen MR) is 121 cm³/mol. The molecule has 1 aliphatic heterocycles. The highest BCUT2D eigenvalue weighted by Gasteiger charge is 2.24. The smallest absolute Gasteiger partial charge is 0.407 e. The number of H-pyrrole nitrogens is 1. The van der Waals surface area contributed by atoms with E-state index in [-0.39, 0.29) is 0 Å². The number of carboxylic acid groups (broad SMARTS) is 1. The number of carbonyl (C=O) groups is 1. The normalized spacial score (nSPS) is 15.3. The van der Waals surface area contributed by atoms with Crippen LogP contribution in [0.4, 0.5) is 4.79 Å². The average Bonchev–Trinajstić information content (AvgIpc) is 3.12. The Balaban J connectivity index is 1.75. The molecule has 0 aliphatic carbocycles. The lowest BCUT2D eigenvalue weighted by Gasteiger charge is -2.30. The fourth-order valence-electron chi connectivity index (χ4n) is 4.78. The van der Waals surface area contributed by atoms with Crippen molar-refractivity contribution in [2.45, 2.75) is 58.8 Å². The van der Waals surface area contributed by atoms with E-state index >= 15 is 0 Å². The summed E-state index contributed by atoms with van der Waals surface area (Å²) in [5, 5.41) is 10.5. The molecule has 3 aromatic rings. The number of amides is 1. The van der Waals surface area contributed by atoms with Gasteiger partial charge in [0.05, 0.1) is 5.69 Å². The minimum Gasteiger partial charge on any atom is -0.465 e. The molecule has 2 N–H and O–H groups in total. The Morgan fingerprint density at radius 3 is 2.60 bits per heavy atom. The van der Waals surface area contributed by atoms with Crippen LogP contribution in [0.3, 0.4) is 0 Å². The number of aryl methyl sites for hydroxylation is 2. The number of hydrogen-bond donors (Lipinski definition) is 2. The second-order valence-corrected chi connectivity index (χ2v) is 8.76. The summed E-state index contributed by atoms with van der Waals surface area (Å²) in [7, 11) is 0. The van der Waals surface area contributed by atoms with Crippen LogP contribution in [-0.2, 0) is 6.42 Å². The van der Waals surface area contributed by atoms with Gasteiger partial charge >= 0.3 is 6.09 Å². The third-order valence-electron chi connectivity index (χ3n) is 6.33. The van der Waals surface area contributed by atoms with Crippen LogP contribution >= 0.6 is 0 Å². The van der Waals surface area contributed by atoms with Gasteiger partial charge in [-0.1, -0.05) is 26.8 Å². The van der Waals surface area contributed by atoms with Crippen molar-refractivity contribution in [2.75, 3.05) is 13.1 Å². The average molecular weight is 406 g/mol. The number of nitrogens with one attached hydrogen (secondary N) is 1. The van der Waals surface area contributed by atoms with Crippen molar-refractivity contribution in [1.82, 2.24) is 14.9 Å². The highest BCUT2D eigenvalue weighted by atomic mass is 16.4. The molecule has 2 aromatic heterocycles. The number of fused-ring (bicyclic) bond motifs is 1. The summed E-state index contributed by atoms with van der Waals surface area (Å²) in [5.41, 5.74) is 8.39. The summed E-state index contributed by atoms with van der Waals surface area (Å²) < 4.78 is 0. The van der Waals surface area contributed by atoms with Gasteiger partial charge in [0.1, 0.15) is 0 Å². The molecule has 5 nitrogen and oxygen atoms in total. The lowest BCUT2D eigenvalue weighted by molar-refractivity contribution is 0.132. The van der Waals surface area contributed by atoms with E-state index in [1.807, 2.05) is 0 Å². The third kappa shape index (κ3) is 3.81. The third-order valence-corrected chi connectivity index (χ3v) is 6.33. The van der Waals surface area contributed by atoms with E-state index in [0.29, 0.717) is 24.9 Å². The predicted octanol–water partition coefficient (Wildman–Crippen LogP) is 6.08. The Labute approximate surface area is 178 Å². The number of aromatic amines is 1. The molecule has 4 rings (SSSR count). The van der Waals surface area contributed by atoms with Crippen LogP contribution in [-0.4, -0.2) is 39.2 Å². The van der Waals surface area contributed by atoms with E-state index in [1.165, 1.54) is 32.7 Å². The fourth-order valence-corrected chi connectivity index (χ4v) is 4.78. The monoisotopic (exact) mass is 405 g/mol. The molecule has 1 fully saturated rings. The van der Waals surface area contributed by atoms with Crippen molar-refractivity contribution < 1.29 is 9.90 Å². The van der Waals surface area contributed by atoms with Crippen LogP contribution in [0.2, 0.25) is 0 Å². The van der Waals surface area contributed by atoms with E-state index < -0.39 is 6.09 Å². The van der Waals surface area contributed by atoms with Gasteiger partial charge in [0.25, 0.3) is 0 Å². The molecule has 158 valence electrons. The van der Waals surface area contributed by atoms with Gasteiger partial charge in [-0.15, -0.1) is 0 Å². The molecule has 30 heavy (non-hydrogen) atoms. The number of nitrogens with zero attached hydrogens (tertiary/aromatic N) is 2. The van der Waals surface area contributed by atoms with Crippen molar-refractivity contribution >= 4 is 17.0 Å². The zero-order chi connectivity index (χ0) is 21.4. The molecule has 3 heterocycles. The molecule has 5 heteroatoms. The molecule has 0 bridgehead atoms. The van der Waals surface area contributed by atoms with Gasteiger partial charge in [0.2, 0.25) is 0 Å². The minimum absolute atomic E-state index is 0.386. The molecule has 1 aromatic carbocycles. The van der Waals surface area contributed by atoms with Crippen molar-refractivity contribution in [3.63, 3.8) is 0 Å². The number of pyridine rings is 1. The van der Waals surface area contributed by atoms with Gasteiger partial charge in [0, 0.05) is 40.9 Å². The number of aromatic nitrogens is 2. The standard InChI is InChI=1S/C25H31N3O2/c1-5-20-13-19(12-16(4)26-20)24-23(15(2)3)21-14-18(6-7-22(21)27-24)17-8-10-28(11-9-17)25(29)30/h6-7,12-15,17,27H,5,8-11H2,1-4H3,(H,29,30). The molecular formula is C25H31N3O2. The lowest BCUT2D eigenvalue weighted by Crippen LogP contribution is -2.36. The van der Waals surface area contributed by atoms with E-state index in [1.54, 1.807) is 0 Å². The molecule has 0 unspecified atom stereocenters. The van der Waals surface area contributed by atoms with Crippen LogP contribution in [0.1, 0.15) is 68.0 Å². The SMILES string of the molecule is CCc1cc(-c2[nH]c3ccc(C4CCN(C(=O)O)CC4)cc3c2C(C)C)cc(C)n1. The molecule has 0 radical (unpaired) electrons. The quantitative estimate of drug-likeness (QED) is 0.552. The fraction of sp³-hybridized carbons (Fsp3) is 0.440. The summed E-state index contributed by atoms with van der Waals surface area (Å²) in [6.07, 6.45) is 1.89. The Morgan fingerprint density at radius 2 is 1.97 bits per heavy atom. The summed E-state index contributed by atoms with van der Waals surface area (Å²) >= 11 is 0. The van der Waals surface area contributed by atoms with Gasteiger partial charge < -0.3 is 15.0 Å². The van der Waals surface area contributed by atoms with Gasteiger partial charge in [-0.2, -0.15) is 0 Å². The van der Waals surface area contributed by atoms with Gasteiger partial charge in [-0.25, -0.2) is 4.79 Å². The maximum atomic E-state index is 11.2. The number of hydrogen-bond acceptors (Lipinski definition) is 2. The Bertz CT molecular complexity index is 1080.